The van der Waals surface area contributed by atoms with Crippen molar-refractivity contribution in [2.24, 2.45) is 5.92 Å². The van der Waals surface area contributed by atoms with Gasteiger partial charge in [-0.1, -0.05) is 25.5 Å². The van der Waals surface area contributed by atoms with Crippen molar-refractivity contribution in [1.29, 1.82) is 0 Å². The first-order valence-electron chi connectivity index (χ1n) is 9.00. The van der Waals surface area contributed by atoms with Crippen LogP contribution < -0.4 is 5.32 Å². The highest BCUT2D eigenvalue weighted by molar-refractivity contribution is 6.08. The fraction of sp³-hybridized carbons (Fsp3) is 0.238. The maximum Gasteiger partial charge on any atom is 0.256 e. The number of carbonyl (C=O) groups is 1. The molecule has 0 radical (unpaired) electrons. The van der Waals surface area contributed by atoms with Crippen molar-refractivity contribution in [3.63, 3.8) is 0 Å². The summed E-state index contributed by atoms with van der Waals surface area (Å²) in [6.07, 6.45) is 3.20. The average molecular weight is 359 g/mol. The van der Waals surface area contributed by atoms with Crippen LogP contribution in [0.5, 0.6) is 0 Å². The van der Waals surface area contributed by atoms with E-state index in [1.54, 1.807) is 24.5 Å². The number of carbonyl (C=O) groups excluding carboxylic acids is 1. The van der Waals surface area contributed by atoms with E-state index in [1.807, 2.05) is 10.7 Å². The first kappa shape index (κ1) is 17.1. The third kappa shape index (κ3) is 3.38. The molecular weight excluding hydrogens is 338 g/mol. The quantitative estimate of drug-likeness (QED) is 0.593. The van der Waals surface area contributed by atoms with Gasteiger partial charge in [-0.15, -0.1) is 0 Å². The van der Waals surface area contributed by atoms with E-state index in [9.17, 15) is 4.79 Å². The number of hydrogen-bond acceptors (Lipinski definition) is 4. The van der Waals surface area contributed by atoms with Crippen LogP contribution in [0.2, 0.25) is 0 Å². The van der Waals surface area contributed by atoms with Crippen molar-refractivity contribution in [2.75, 3.05) is 5.32 Å². The van der Waals surface area contributed by atoms with E-state index in [0.717, 1.165) is 28.5 Å². The number of nitrogens with zero attached hydrogens (tertiary/aromatic N) is 4. The summed E-state index contributed by atoms with van der Waals surface area (Å²) in [5.74, 6) is 0.730. The van der Waals surface area contributed by atoms with Crippen LogP contribution in [-0.2, 0) is 6.54 Å². The lowest BCUT2D eigenvalue weighted by Gasteiger charge is -2.06. The molecule has 1 aromatic carbocycles. The zero-order chi connectivity index (χ0) is 19.0. The topological polar surface area (TPSA) is 72.7 Å². The minimum atomic E-state index is -0.210. The monoisotopic (exact) mass is 359 g/mol. The second kappa shape index (κ2) is 6.79. The van der Waals surface area contributed by atoms with Gasteiger partial charge in [0, 0.05) is 29.9 Å². The predicted molar refractivity (Wildman–Crippen MR) is 107 cm³/mol. The Morgan fingerprint density at radius 2 is 1.93 bits per heavy atom. The summed E-state index contributed by atoms with van der Waals surface area (Å²) < 4.78 is 1.88. The van der Waals surface area contributed by atoms with Gasteiger partial charge in [-0.25, -0.2) is 9.67 Å². The summed E-state index contributed by atoms with van der Waals surface area (Å²) in [5.41, 5.74) is 3.41. The molecule has 0 atom stereocenters. The van der Waals surface area contributed by atoms with Crippen LogP contribution in [0.1, 0.15) is 29.8 Å². The smallest absolute Gasteiger partial charge is 0.256 e. The molecule has 1 N–H and O–H groups in total. The van der Waals surface area contributed by atoms with Crippen molar-refractivity contribution >= 4 is 33.7 Å². The van der Waals surface area contributed by atoms with Crippen molar-refractivity contribution in [2.45, 2.75) is 27.3 Å². The number of anilines is 1. The highest BCUT2D eigenvalue weighted by atomic mass is 16.1. The Bertz CT molecular complexity index is 1130. The van der Waals surface area contributed by atoms with Crippen LogP contribution in [0.3, 0.4) is 0 Å². The first-order chi connectivity index (χ1) is 13.0. The molecule has 0 spiro atoms. The number of rotatable bonds is 4. The van der Waals surface area contributed by atoms with Crippen molar-refractivity contribution < 1.29 is 4.79 Å². The highest BCUT2D eigenvalue weighted by Gasteiger charge is 2.17. The number of aromatic nitrogens is 4. The number of amides is 1. The zero-order valence-corrected chi connectivity index (χ0v) is 15.6. The Labute approximate surface area is 157 Å². The summed E-state index contributed by atoms with van der Waals surface area (Å²) >= 11 is 0. The van der Waals surface area contributed by atoms with Crippen LogP contribution in [0, 0.1) is 12.8 Å². The number of nitrogens with one attached hydrogen (secondary N) is 1. The Hall–Kier alpha value is -3.28. The summed E-state index contributed by atoms with van der Waals surface area (Å²) in [6.45, 7) is 7.05. The van der Waals surface area contributed by atoms with E-state index in [4.69, 9.17) is 4.98 Å². The molecule has 136 valence electrons. The molecule has 0 saturated heterocycles. The maximum atomic E-state index is 12.6. The van der Waals surface area contributed by atoms with E-state index in [1.165, 1.54) is 5.56 Å². The molecule has 0 aliphatic carbocycles. The van der Waals surface area contributed by atoms with Crippen LogP contribution in [0.25, 0.3) is 21.9 Å². The molecule has 0 fully saturated rings. The van der Waals surface area contributed by atoms with Crippen LogP contribution >= 0.6 is 0 Å². The third-order valence-electron chi connectivity index (χ3n) is 4.38. The fourth-order valence-corrected chi connectivity index (χ4v) is 3.13. The van der Waals surface area contributed by atoms with Gasteiger partial charge >= 0.3 is 0 Å². The highest BCUT2D eigenvalue weighted by Crippen LogP contribution is 2.27. The number of pyridine rings is 2. The van der Waals surface area contributed by atoms with Crippen molar-refractivity contribution in [3.05, 3.63) is 59.9 Å². The summed E-state index contributed by atoms with van der Waals surface area (Å²) in [7, 11) is 0. The van der Waals surface area contributed by atoms with Gasteiger partial charge in [-0.3, -0.25) is 9.78 Å². The lowest BCUT2D eigenvalue weighted by Crippen LogP contribution is -2.13. The molecule has 0 bridgehead atoms. The molecule has 0 unspecified atom stereocenters. The SMILES string of the molecule is Cc1ccc2nc3c(cc2c1)c(NC(=O)c1ccncc1)nn3CC(C)C. The van der Waals surface area contributed by atoms with Gasteiger partial charge in [0.25, 0.3) is 5.91 Å². The molecule has 0 aliphatic rings. The molecule has 3 aromatic heterocycles. The third-order valence-corrected chi connectivity index (χ3v) is 4.38. The Morgan fingerprint density at radius 3 is 2.67 bits per heavy atom. The minimum absolute atomic E-state index is 0.210. The molecule has 27 heavy (non-hydrogen) atoms. The van der Waals surface area contributed by atoms with Gasteiger partial charge in [0.1, 0.15) is 0 Å². The van der Waals surface area contributed by atoms with Gasteiger partial charge < -0.3 is 5.32 Å². The largest absolute Gasteiger partial charge is 0.304 e. The van der Waals surface area contributed by atoms with Gasteiger partial charge in [0.15, 0.2) is 11.5 Å². The lowest BCUT2D eigenvalue weighted by molar-refractivity contribution is 0.102. The van der Waals surface area contributed by atoms with Gasteiger partial charge in [-0.2, -0.15) is 5.10 Å². The number of aryl methyl sites for hydroxylation is 1. The normalized spacial score (nSPS) is 11.4. The van der Waals surface area contributed by atoms with Crippen LogP contribution in [0.15, 0.2) is 48.8 Å². The van der Waals surface area contributed by atoms with E-state index < -0.39 is 0 Å². The average Bonchev–Trinajstić information content (AvgIpc) is 2.96. The minimum Gasteiger partial charge on any atom is -0.304 e. The molecule has 0 saturated carbocycles. The van der Waals surface area contributed by atoms with Crippen LogP contribution in [-0.4, -0.2) is 25.7 Å². The molecule has 6 heteroatoms. The van der Waals surface area contributed by atoms with Gasteiger partial charge in [0.05, 0.1) is 10.9 Å². The molecule has 4 rings (SSSR count). The Balaban J connectivity index is 1.84. The Kier molecular flexibility index (Phi) is 4.32. The fourth-order valence-electron chi connectivity index (χ4n) is 3.13. The second-order valence-corrected chi connectivity index (χ2v) is 7.17. The van der Waals surface area contributed by atoms with Gasteiger partial charge in [0.2, 0.25) is 0 Å². The zero-order valence-electron chi connectivity index (χ0n) is 15.6. The van der Waals surface area contributed by atoms with Crippen LogP contribution in [0.4, 0.5) is 5.82 Å². The number of benzene rings is 1. The van der Waals surface area contributed by atoms with Crippen molar-refractivity contribution in [1.82, 2.24) is 19.7 Å². The molecular formula is C21H21N5O. The predicted octanol–water partition coefficient (Wildman–Crippen LogP) is 4.20. The van der Waals surface area contributed by atoms with Gasteiger partial charge in [-0.05, 0) is 43.2 Å². The molecule has 1 amide bonds. The summed E-state index contributed by atoms with van der Waals surface area (Å²) in [6, 6.07) is 11.6. The maximum absolute atomic E-state index is 12.6. The summed E-state index contributed by atoms with van der Waals surface area (Å²) in [5, 5.41) is 9.46. The summed E-state index contributed by atoms with van der Waals surface area (Å²) in [4.78, 5) is 21.4. The molecule has 0 aliphatic heterocycles. The standard InChI is InChI=1S/C21H21N5O/c1-13(2)12-26-20-17(11-16-10-14(3)4-5-18(16)23-20)19(25-26)24-21(27)15-6-8-22-9-7-15/h4-11,13H,12H2,1-3H3,(H,24,25,27). The number of hydrogen-bond donors (Lipinski definition) is 1. The van der Waals surface area contributed by atoms with E-state index in [0.29, 0.717) is 17.3 Å². The van der Waals surface area contributed by atoms with E-state index in [-0.39, 0.29) is 5.91 Å². The Morgan fingerprint density at radius 1 is 1.15 bits per heavy atom. The van der Waals surface area contributed by atoms with Crippen molar-refractivity contribution in [3.8, 4) is 0 Å². The second-order valence-electron chi connectivity index (χ2n) is 7.17. The molecule has 3 heterocycles. The molecule has 6 nitrogen and oxygen atoms in total. The van der Waals surface area contributed by atoms with E-state index in [2.05, 4.69) is 54.4 Å². The first-order valence-corrected chi connectivity index (χ1v) is 9.00. The molecule has 4 aromatic rings. The number of fused-ring (bicyclic) bond motifs is 2. The lowest BCUT2D eigenvalue weighted by atomic mass is 10.1. The van der Waals surface area contributed by atoms with E-state index >= 15 is 0 Å².